The standard InChI is InChI=1S/C21H20Cl2F3N3O3/c1-3-32-17-13(7-12(22)8-14(17)23)11-6-15(24)16(27-9-11)10(2)28-20(31)21(4-5-21)29-19(30)18(25)26/h6-10,18H,3-5H2,1-2H3,(H,28,31)(H,29,30)/t10-/m1/s1. The normalized spacial score (nSPS) is 15.2. The molecule has 1 aliphatic carbocycles. The van der Waals surface area contributed by atoms with Gasteiger partial charge in [0.1, 0.15) is 17.1 Å². The van der Waals surface area contributed by atoms with Gasteiger partial charge in [-0.2, -0.15) is 8.78 Å². The highest BCUT2D eigenvalue weighted by molar-refractivity contribution is 6.36. The van der Waals surface area contributed by atoms with E-state index in [1.54, 1.807) is 13.0 Å². The van der Waals surface area contributed by atoms with Gasteiger partial charge < -0.3 is 15.4 Å². The molecule has 0 aliphatic heterocycles. The van der Waals surface area contributed by atoms with Crippen molar-refractivity contribution >= 4 is 35.0 Å². The van der Waals surface area contributed by atoms with E-state index in [1.807, 2.05) is 5.32 Å². The molecule has 1 aliphatic rings. The van der Waals surface area contributed by atoms with Crippen molar-refractivity contribution in [1.82, 2.24) is 15.6 Å². The Morgan fingerprint density at radius 1 is 1.25 bits per heavy atom. The summed E-state index contributed by atoms with van der Waals surface area (Å²) < 4.78 is 45.5. The molecule has 1 fully saturated rings. The molecule has 2 amide bonds. The predicted octanol–water partition coefficient (Wildman–Crippen LogP) is 4.68. The van der Waals surface area contributed by atoms with Crippen LogP contribution in [0.3, 0.4) is 0 Å². The molecule has 2 aromatic rings. The Morgan fingerprint density at radius 2 is 1.94 bits per heavy atom. The number of pyridine rings is 1. The second kappa shape index (κ2) is 9.54. The first-order valence-corrected chi connectivity index (χ1v) is 10.5. The minimum absolute atomic E-state index is 0.0656. The largest absolute Gasteiger partial charge is 0.492 e. The van der Waals surface area contributed by atoms with Crippen LogP contribution in [-0.4, -0.2) is 35.4 Å². The van der Waals surface area contributed by atoms with Gasteiger partial charge in [-0.25, -0.2) is 4.39 Å². The van der Waals surface area contributed by atoms with Gasteiger partial charge in [0.15, 0.2) is 0 Å². The second-order valence-electron chi connectivity index (χ2n) is 7.36. The molecule has 0 unspecified atom stereocenters. The van der Waals surface area contributed by atoms with Crippen LogP contribution < -0.4 is 15.4 Å². The highest BCUT2D eigenvalue weighted by atomic mass is 35.5. The fraction of sp³-hybridized carbons (Fsp3) is 0.381. The fourth-order valence-corrected chi connectivity index (χ4v) is 3.76. The number of ether oxygens (including phenoxy) is 1. The van der Waals surface area contributed by atoms with Gasteiger partial charge in [-0.1, -0.05) is 23.2 Å². The molecule has 11 heteroatoms. The summed E-state index contributed by atoms with van der Waals surface area (Å²) in [6.45, 7) is 3.60. The zero-order chi connectivity index (χ0) is 23.6. The van der Waals surface area contributed by atoms with E-state index in [9.17, 15) is 22.8 Å². The smallest absolute Gasteiger partial charge is 0.315 e. The summed E-state index contributed by atoms with van der Waals surface area (Å²) in [5.41, 5.74) is -0.655. The van der Waals surface area contributed by atoms with Crippen molar-refractivity contribution < 1.29 is 27.5 Å². The van der Waals surface area contributed by atoms with E-state index in [0.717, 1.165) is 0 Å². The molecule has 0 radical (unpaired) electrons. The van der Waals surface area contributed by atoms with Crippen molar-refractivity contribution in [3.63, 3.8) is 0 Å². The number of rotatable bonds is 8. The van der Waals surface area contributed by atoms with Gasteiger partial charge in [0.05, 0.1) is 23.4 Å². The SMILES string of the molecule is CCOc1c(Cl)cc(Cl)cc1-c1cnc([C@@H](C)NC(=O)C2(NC(=O)C(F)F)CC2)c(F)c1. The monoisotopic (exact) mass is 489 g/mol. The van der Waals surface area contributed by atoms with Gasteiger partial charge in [0.2, 0.25) is 5.91 Å². The van der Waals surface area contributed by atoms with Crippen molar-refractivity contribution in [2.24, 2.45) is 0 Å². The van der Waals surface area contributed by atoms with Crippen molar-refractivity contribution in [2.75, 3.05) is 6.61 Å². The van der Waals surface area contributed by atoms with Crippen molar-refractivity contribution in [3.05, 3.63) is 46.0 Å². The minimum atomic E-state index is -3.23. The Labute approximate surface area is 192 Å². The summed E-state index contributed by atoms with van der Waals surface area (Å²) >= 11 is 12.3. The third-order valence-corrected chi connectivity index (χ3v) is 5.48. The molecular weight excluding hydrogens is 470 g/mol. The van der Waals surface area contributed by atoms with Gasteiger partial charge in [-0.05, 0) is 44.9 Å². The van der Waals surface area contributed by atoms with Crippen molar-refractivity contribution in [1.29, 1.82) is 0 Å². The van der Waals surface area contributed by atoms with E-state index in [-0.39, 0.29) is 23.6 Å². The van der Waals surface area contributed by atoms with Crippen LogP contribution in [0, 0.1) is 5.82 Å². The number of halogens is 5. The Kier molecular flexibility index (Phi) is 7.19. The van der Waals surface area contributed by atoms with Crippen LogP contribution in [0.1, 0.15) is 38.4 Å². The molecule has 172 valence electrons. The molecule has 0 saturated heterocycles. The molecule has 1 heterocycles. The Hall–Kier alpha value is -2.52. The Morgan fingerprint density at radius 3 is 2.50 bits per heavy atom. The lowest BCUT2D eigenvalue weighted by atomic mass is 10.0. The van der Waals surface area contributed by atoms with Crippen LogP contribution in [0.4, 0.5) is 13.2 Å². The highest BCUT2D eigenvalue weighted by Gasteiger charge is 2.52. The lowest BCUT2D eigenvalue weighted by Gasteiger charge is -2.21. The molecule has 1 saturated carbocycles. The number of nitrogens with zero attached hydrogens (tertiary/aromatic N) is 1. The maximum Gasteiger partial charge on any atom is 0.315 e. The topological polar surface area (TPSA) is 80.3 Å². The highest BCUT2D eigenvalue weighted by Crippen LogP contribution is 2.40. The number of hydrogen-bond donors (Lipinski definition) is 2. The molecule has 1 aromatic carbocycles. The van der Waals surface area contributed by atoms with Crippen LogP contribution in [0.15, 0.2) is 24.4 Å². The summed E-state index contributed by atoms with van der Waals surface area (Å²) in [7, 11) is 0. The average Bonchev–Trinajstić information content (AvgIpc) is 3.50. The molecule has 32 heavy (non-hydrogen) atoms. The number of amides is 2. The number of carbonyl (C=O) groups is 2. The average molecular weight is 490 g/mol. The van der Waals surface area contributed by atoms with E-state index in [2.05, 4.69) is 10.3 Å². The maximum absolute atomic E-state index is 14.9. The molecule has 0 bridgehead atoms. The van der Waals surface area contributed by atoms with E-state index in [0.29, 0.717) is 28.5 Å². The number of alkyl halides is 2. The van der Waals surface area contributed by atoms with E-state index in [1.165, 1.54) is 25.3 Å². The van der Waals surface area contributed by atoms with Gasteiger partial charge in [0.25, 0.3) is 5.91 Å². The first kappa shape index (κ1) is 24.1. The number of aromatic nitrogens is 1. The number of hydrogen-bond acceptors (Lipinski definition) is 4. The van der Waals surface area contributed by atoms with Gasteiger partial charge in [-0.3, -0.25) is 14.6 Å². The lowest BCUT2D eigenvalue weighted by Crippen LogP contribution is -2.51. The zero-order valence-corrected chi connectivity index (χ0v) is 18.7. The molecule has 1 aromatic heterocycles. The quantitative estimate of drug-likeness (QED) is 0.563. The van der Waals surface area contributed by atoms with Crippen molar-refractivity contribution in [2.45, 2.75) is 44.7 Å². The summed E-state index contributed by atoms with van der Waals surface area (Å²) in [6.07, 6.45) is -1.41. The van der Waals surface area contributed by atoms with Crippen molar-refractivity contribution in [3.8, 4) is 16.9 Å². The first-order valence-electron chi connectivity index (χ1n) is 9.76. The van der Waals surface area contributed by atoms with Gasteiger partial charge >= 0.3 is 6.43 Å². The van der Waals surface area contributed by atoms with Crippen LogP contribution in [0.2, 0.25) is 10.0 Å². The maximum atomic E-state index is 14.9. The Bertz CT molecular complexity index is 1050. The number of nitrogens with one attached hydrogen (secondary N) is 2. The van der Waals surface area contributed by atoms with E-state index in [4.69, 9.17) is 27.9 Å². The van der Waals surface area contributed by atoms with Gasteiger partial charge in [0, 0.05) is 22.3 Å². The minimum Gasteiger partial charge on any atom is -0.492 e. The molecular formula is C21H20Cl2F3N3O3. The van der Waals surface area contributed by atoms with Crippen LogP contribution >= 0.6 is 23.2 Å². The summed E-state index contributed by atoms with van der Waals surface area (Å²) in [5.74, 6) is -2.58. The number of benzene rings is 1. The van der Waals surface area contributed by atoms with Gasteiger partial charge in [-0.15, -0.1) is 0 Å². The third kappa shape index (κ3) is 5.10. The molecule has 2 N–H and O–H groups in total. The summed E-state index contributed by atoms with van der Waals surface area (Å²) in [4.78, 5) is 27.9. The fourth-order valence-electron chi connectivity index (χ4n) is 3.21. The van der Waals surface area contributed by atoms with E-state index >= 15 is 0 Å². The summed E-state index contributed by atoms with van der Waals surface area (Å²) in [5, 5.41) is 5.17. The zero-order valence-electron chi connectivity index (χ0n) is 17.1. The second-order valence-corrected chi connectivity index (χ2v) is 8.20. The Balaban J connectivity index is 1.80. The molecule has 3 rings (SSSR count). The first-order chi connectivity index (χ1) is 15.1. The van der Waals surface area contributed by atoms with Crippen LogP contribution in [-0.2, 0) is 9.59 Å². The van der Waals surface area contributed by atoms with E-state index < -0.39 is 35.6 Å². The number of carbonyl (C=O) groups excluding carboxylic acids is 2. The third-order valence-electron chi connectivity index (χ3n) is 4.98. The molecule has 6 nitrogen and oxygen atoms in total. The summed E-state index contributed by atoms with van der Waals surface area (Å²) in [6, 6.07) is 3.41. The molecule has 0 spiro atoms. The molecule has 1 atom stereocenters. The lowest BCUT2D eigenvalue weighted by molar-refractivity contribution is -0.136. The van der Waals surface area contributed by atoms with Crippen LogP contribution in [0.25, 0.3) is 11.1 Å². The predicted molar refractivity (Wildman–Crippen MR) is 113 cm³/mol. The van der Waals surface area contributed by atoms with Crippen LogP contribution in [0.5, 0.6) is 5.75 Å².